The van der Waals surface area contributed by atoms with Gasteiger partial charge >= 0.3 is 6.03 Å². The van der Waals surface area contributed by atoms with E-state index >= 15 is 0 Å². The molecule has 0 saturated carbocycles. The number of rotatable bonds is 7. The monoisotopic (exact) mass is 445 g/mol. The van der Waals surface area contributed by atoms with Crippen molar-refractivity contribution in [2.45, 2.75) is 19.1 Å². The average molecular weight is 446 g/mol. The molecule has 2 amide bonds. The van der Waals surface area contributed by atoms with Crippen molar-refractivity contribution in [2.75, 3.05) is 30.8 Å². The number of carbonyl (C=O) groups excluding carboxylic acids is 1. The Morgan fingerprint density at radius 3 is 2.76 bits per heavy atom. The van der Waals surface area contributed by atoms with Crippen LogP contribution in [0.5, 0.6) is 5.75 Å². The van der Waals surface area contributed by atoms with Crippen molar-refractivity contribution in [3.05, 3.63) is 72.2 Å². The summed E-state index contributed by atoms with van der Waals surface area (Å²) < 4.78 is 6.08. The summed E-state index contributed by atoms with van der Waals surface area (Å²) in [6.07, 6.45) is 4.36. The second-order valence-electron chi connectivity index (χ2n) is 8.01. The van der Waals surface area contributed by atoms with Crippen molar-refractivity contribution in [3.8, 4) is 5.75 Å². The number of aryl methyl sites for hydroxylation is 1. The predicted octanol–water partition coefficient (Wildman–Crippen LogP) is 3.41. The largest absolute Gasteiger partial charge is 0.487 e. The van der Waals surface area contributed by atoms with Crippen molar-refractivity contribution in [1.29, 1.82) is 5.41 Å². The Hall–Kier alpha value is -3.98. The summed E-state index contributed by atoms with van der Waals surface area (Å²) in [5.41, 5.74) is 2.99. The maximum absolute atomic E-state index is 12.7. The number of hydrogen-bond donors (Lipinski definition) is 4. The predicted molar refractivity (Wildman–Crippen MR) is 129 cm³/mol. The van der Waals surface area contributed by atoms with Gasteiger partial charge in [-0.3, -0.25) is 10.3 Å². The van der Waals surface area contributed by atoms with Crippen LogP contribution in [0.15, 0.2) is 60.9 Å². The quantitative estimate of drug-likeness (QED) is 0.414. The molecule has 2 aromatic heterocycles. The van der Waals surface area contributed by atoms with Crippen LogP contribution in [0.1, 0.15) is 11.3 Å². The number of ether oxygens (including phenoxy) is 1. The van der Waals surface area contributed by atoms with Gasteiger partial charge in [-0.1, -0.05) is 18.2 Å². The fraction of sp³-hybridized carbons (Fsp3) is 0.250. The van der Waals surface area contributed by atoms with Gasteiger partial charge < -0.3 is 25.7 Å². The molecule has 0 radical (unpaired) electrons. The van der Waals surface area contributed by atoms with E-state index in [1.807, 2.05) is 56.4 Å². The standard InChI is InChI=1S/C24H27N7O2/c1-16-10-18(8-9-26-16)28-20-13-27-23(11-17(20)12-25)30-24(32)29-21-14-31(2)15-22(21)33-19-6-4-3-5-7-19/h3-13,21-22,25H,14-15H2,1-2H3,(H,26,28)(H2,27,29,30,32)/t21-,22-/m0/s1. The minimum atomic E-state index is -0.370. The maximum Gasteiger partial charge on any atom is 0.320 e. The summed E-state index contributed by atoms with van der Waals surface area (Å²) in [6, 6.07) is 14.4. The zero-order valence-corrected chi connectivity index (χ0v) is 18.6. The molecule has 0 bridgehead atoms. The highest BCUT2D eigenvalue weighted by Gasteiger charge is 2.33. The smallest absolute Gasteiger partial charge is 0.320 e. The zero-order valence-electron chi connectivity index (χ0n) is 18.6. The number of carbonyl (C=O) groups is 1. The van der Waals surface area contributed by atoms with Gasteiger partial charge in [-0.05, 0) is 44.3 Å². The lowest BCUT2D eigenvalue weighted by atomic mass is 10.2. The molecule has 1 saturated heterocycles. The lowest BCUT2D eigenvalue weighted by Crippen LogP contribution is -2.47. The van der Waals surface area contributed by atoms with E-state index in [1.165, 1.54) is 6.21 Å². The van der Waals surface area contributed by atoms with E-state index in [2.05, 4.69) is 30.8 Å². The first-order chi connectivity index (χ1) is 16.0. The first kappa shape index (κ1) is 22.2. The normalized spacial score (nSPS) is 17.9. The molecule has 3 heterocycles. The molecule has 4 N–H and O–H groups in total. The van der Waals surface area contributed by atoms with E-state index in [-0.39, 0.29) is 18.2 Å². The second kappa shape index (κ2) is 10.1. The number of nitrogens with zero attached hydrogens (tertiary/aromatic N) is 3. The molecule has 0 aliphatic carbocycles. The fourth-order valence-corrected chi connectivity index (χ4v) is 3.76. The summed E-state index contributed by atoms with van der Waals surface area (Å²) >= 11 is 0. The van der Waals surface area contributed by atoms with Gasteiger partial charge in [0.25, 0.3) is 0 Å². The van der Waals surface area contributed by atoms with E-state index in [9.17, 15) is 4.79 Å². The Labute approximate surface area is 192 Å². The molecule has 2 atom stereocenters. The third-order valence-electron chi connectivity index (χ3n) is 5.30. The van der Waals surface area contributed by atoms with Gasteiger partial charge in [-0.25, -0.2) is 9.78 Å². The number of likely N-dealkylation sites (N-methyl/N-ethyl adjacent to an activating group) is 1. The molecule has 1 fully saturated rings. The van der Waals surface area contributed by atoms with E-state index in [0.717, 1.165) is 17.1 Å². The molecule has 170 valence electrons. The number of hydrogen-bond acceptors (Lipinski definition) is 7. The molecule has 0 unspecified atom stereocenters. The second-order valence-corrected chi connectivity index (χ2v) is 8.01. The van der Waals surface area contributed by atoms with Crippen LogP contribution in [-0.4, -0.2) is 59.4 Å². The molecule has 3 aromatic rings. The Bertz CT molecular complexity index is 1120. The van der Waals surface area contributed by atoms with E-state index < -0.39 is 0 Å². The van der Waals surface area contributed by atoms with Crippen molar-refractivity contribution in [2.24, 2.45) is 0 Å². The lowest BCUT2D eigenvalue weighted by molar-refractivity contribution is 0.182. The molecule has 1 aliphatic heterocycles. The topological polar surface area (TPSA) is 115 Å². The van der Waals surface area contributed by atoms with Crippen molar-refractivity contribution in [1.82, 2.24) is 20.2 Å². The first-order valence-electron chi connectivity index (χ1n) is 10.7. The summed E-state index contributed by atoms with van der Waals surface area (Å²) in [4.78, 5) is 23.3. The number of benzene rings is 1. The molecule has 1 aliphatic rings. The minimum Gasteiger partial charge on any atom is -0.487 e. The summed E-state index contributed by atoms with van der Waals surface area (Å²) in [7, 11) is 1.99. The van der Waals surface area contributed by atoms with Crippen LogP contribution in [0.25, 0.3) is 0 Å². The van der Waals surface area contributed by atoms with E-state index in [4.69, 9.17) is 10.1 Å². The number of aromatic nitrogens is 2. The molecule has 4 rings (SSSR count). The number of likely N-dealkylation sites (tertiary alicyclic amines) is 1. The highest BCUT2D eigenvalue weighted by atomic mass is 16.5. The number of anilines is 3. The third-order valence-corrected chi connectivity index (χ3v) is 5.30. The van der Waals surface area contributed by atoms with Crippen LogP contribution >= 0.6 is 0 Å². The van der Waals surface area contributed by atoms with Gasteiger partial charge in [0.05, 0.1) is 17.9 Å². The molecule has 1 aromatic carbocycles. The Morgan fingerprint density at radius 2 is 2.00 bits per heavy atom. The van der Waals surface area contributed by atoms with Gasteiger partial charge in [0.15, 0.2) is 0 Å². The average Bonchev–Trinajstić information content (AvgIpc) is 3.13. The molecule has 33 heavy (non-hydrogen) atoms. The fourth-order valence-electron chi connectivity index (χ4n) is 3.76. The number of pyridine rings is 2. The van der Waals surface area contributed by atoms with Gasteiger partial charge in [0, 0.05) is 42.4 Å². The highest BCUT2D eigenvalue weighted by molar-refractivity contribution is 5.92. The number of nitrogens with one attached hydrogen (secondary N) is 4. The van der Waals surface area contributed by atoms with Crippen molar-refractivity contribution >= 4 is 29.4 Å². The Balaban J connectivity index is 1.39. The van der Waals surface area contributed by atoms with Crippen LogP contribution in [0.3, 0.4) is 0 Å². The third kappa shape index (κ3) is 5.83. The SMILES string of the molecule is Cc1cc(Nc2cnc(NC(=O)N[C@H]3CN(C)C[C@@H]3Oc3ccccc3)cc2C=N)ccn1. The molecule has 0 spiro atoms. The summed E-state index contributed by atoms with van der Waals surface area (Å²) in [5, 5.41) is 16.7. The minimum absolute atomic E-state index is 0.163. The van der Waals surface area contributed by atoms with Crippen LogP contribution in [-0.2, 0) is 0 Å². The number of urea groups is 1. The van der Waals surface area contributed by atoms with Crippen molar-refractivity contribution < 1.29 is 9.53 Å². The number of para-hydroxylation sites is 1. The maximum atomic E-state index is 12.7. The molecule has 9 heteroatoms. The summed E-state index contributed by atoms with van der Waals surface area (Å²) in [6.45, 7) is 3.30. The number of amides is 2. The van der Waals surface area contributed by atoms with Crippen LogP contribution < -0.4 is 20.7 Å². The Kier molecular flexibility index (Phi) is 6.80. The molecular weight excluding hydrogens is 418 g/mol. The van der Waals surface area contributed by atoms with Crippen LogP contribution in [0.2, 0.25) is 0 Å². The van der Waals surface area contributed by atoms with E-state index in [0.29, 0.717) is 30.2 Å². The van der Waals surface area contributed by atoms with E-state index in [1.54, 1.807) is 18.5 Å². The van der Waals surface area contributed by atoms with Gasteiger partial charge in [-0.2, -0.15) is 0 Å². The molecular formula is C24H27N7O2. The van der Waals surface area contributed by atoms with Gasteiger partial charge in [0.2, 0.25) is 0 Å². The highest BCUT2D eigenvalue weighted by Crippen LogP contribution is 2.22. The molecule has 9 nitrogen and oxygen atoms in total. The summed E-state index contributed by atoms with van der Waals surface area (Å²) in [5.74, 6) is 1.13. The van der Waals surface area contributed by atoms with Crippen LogP contribution in [0.4, 0.5) is 22.0 Å². The zero-order chi connectivity index (χ0) is 23.2. The lowest BCUT2D eigenvalue weighted by Gasteiger charge is -2.21. The van der Waals surface area contributed by atoms with Gasteiger partial charge in [0.1, 0.15) is 17.7 Å². The first-order valence-corrected chi connectivity index (χ1v) is 10.7. The van der Waals surface area contributed by atoms with Crippen molar-refractivity contribution in [3.63, 3.8) is 0 Å². The Morgan fingerprint density at radius 1 is 1.18 bits per heavy atom. The van der Waals surface area contributed by atoms with Crippen LogP contribution in [0, 0.1) is 12.3 Å². The van der Waals surface area contributed by atoms with Gasteiger partial charge in [-0.15, -0.1) is 0 Å².